The van der Waals surface area contributed by atoms with Crippen molar-refractivity contribution in [3.8, 4) is 0 Å². The highest BCUT2D eigenvalue weighted by Crippen LogP contribution is 2.22. The van der Waals surface area contributed by atoms with Crippen LogP contribution in [0.4, 0.5) is 0 Å². The number of fused-ring (bicyclic) bond motifs is 1. The van der Waals surface area contributed by atoms with Gasteiger partial charge in [0, 0.05) is 49.3 Å². The molecule has 7 heteroatoms. The average molecular weight is 305 g/mol. The van der Waals surface area contributed by atoms with Gasteiger partial charge in [-0.15, -0.1) is 0 Å². The highest BCUT2D eigenvalue weighted by atomic mass is 16.2. The molecule has 1 atom stereocenters. The maximum Gasteiger partial charge on any atom is 0.272 e. The van der Waals surface area contributed by atoms with Crippen molar-refractivity contribution in [2.45, 2.75) is 51.7 Å². The highest BCUT2D eigenvalue weighted by molar-refractivity contribution is 5.95. The van der Waals surface area contributed by atoms with Gasteiger partial charge in [-0.2, -0.15) is 5.10 Å². The van der Waals surface area contributed by atoms with E-state index in [1.165, 1.54) is 0 Å². The SMILES string of the molecule is CC(C)(C)N1CC(NC(=O)c2n[nH]c3c2CNCC3)CC1=O. The monoisotopic (exact) mass is 305 g/mol. The lowest BCUT2D eigenvalue weighted by atomic mass is 10.1. The third-order valence-corrected chi connectivity index (χ3v) is 4.29. The summed E-state index contributed by atoms with van der Waals surface area (Å²) >= 11 is 0. The molecule has 0 bridgehead atoms. The summed E-state index contributed by atoms with van der Waals surface area (Å²) in [5.74, 6) is -0.113. The van der Waals surface area contributed by atoms with Crippen molar-refractivity contribution in [1.29, 1.82) is 0 Å². The lowest BCUT2D eigenvalue weighted by Crippen LogP contribution is -2.44. The smallest absolute Gasteiger partial charge is 0.272 e. The van der Waals surface area contributed by atoms with Crippen molar-refractivity contribution in [3.05, 3.63) is 17.0 Å². The van der Waals surface area contributed by atoms with Crippen LogP contribution in [0.5, 0.6) is 0 Å². The van der Waals surface area contributed by atoms with Crippen molar-refractivity contribution < 1.29 is 9.59 Å². The van der Waals surface area contributed by atoms with Crippen LogP contribution in [0.2, 0.25) is 0 Å². The van der Waals surface area contributed by atoms with Crippen molar-refractivity contribution in [1.82, 2.24) is 25.7 Å². The van der Waals surface area contributed by atoms with Crippen LogP contribution in [-0.4, -0.2) is 51.6 Å². The van der Waals surface area contributed by atoms with E-state index in [0.717, 1.165) is 24.2 Å². The second-order valence-electron chi connectivity index (χ2n) is 7.01. The Balaban J connectivity index is 1.68. The number of carbonyl (C=O) groups is 2. The van der Waals surface area contributed by atoms with E-state index < -0.39 is 0 Å². The number of H-pyrrole nitrogens is 1. The maximum atomic E-state index is 12.4. The largest absolute Gasteiger partial charge is 0.346 e. The zero-order chi connectivity index (χ0) is 15.9. The molecule has 0 radical (unpaired) electrons. The third-order valence-electron chi connectivity index (χ3n) is 4.29. The van der Waals surface area contributed by atoms with Gasteiger partial charge < -0.3 is 15.5 Å². The molecule has 120 valence electrons. The Hall–Kier alpha value is -1.89. The van der Waals surface area contributed by atoms with E-state index in [1.54, 1.807) is 0 Å². The fraction of sp³-hybridized carbons (Fsp3) is 0.667. The molecule has 1 aromatic heterocycles. The first-order chi connectivity index (χ1) is 10.4. The Morgan fingerprint density at radius 1 is 1.41 bits per heavy atom. The van der Waals surface area contributed by atoms with Crippen LogP contribution in [0.15, 0.2) is 0 Å². The Kier molecular flexibility index (Phi) is 3.68. The van der Waals surface area contributed by atoms with Gasteiger partial charge in [-0.05, 0) is 20.8 Å². The summed E-state index contributed by atoms with van der Waals surface area (Å²) in [4.78, 5) is 26.3. The number of carbonyl (C=O) groups excluding carboxylic acids is 2. The van der Waals surface area contributed by atoms with E-state index in [9.17, 15) is 9.59 Å². The fourth-order valence-electron chi connectivity index (χ4n) is 3.12. The van der Waals surface area contributed by atoms with E-state index in [2.05, 4.69) is 20.8 Å². The van der Waals surface area contributed by atoms with Gasteiger partial charge in [-0.3, -0.25) is 14.7 Å². The number of nitrogens with zero attached hydrogens (tertiary/aromatic N) is 2. The summed E-state index contributed by atoms with van der Waals surface area (Å²) in [5.41, 5.74) is 2.21. The lowest BCUT2D eigenvalue weighted by Gasteiger charge is -2.32. The van der Waals surface area contributed by atoms with Crippen molar-refractivity contribution in [3.63, 3.8) is 0 Å². The summed E-state index contributed by atoms with van der Waals surface area (Å²) in [5, 5.41) is 13.3. The predicted molar refractivity (Wildman–Crippen MR) is 81.3 cm³/mol. The van der Waals surface area contributed by atoms with Gasteiger partial charge >= 0.3 is 0 Å². The molecule has 22 heavy (non-hydrogen) atoms. The topological polar surface area (TPSA) is 90.1 Å². The number of amides is 2. The second-order valence-corrected chi connectivity index (χ2v) is 7.01. The quantitative estimate of drug-likeness (QED) is 0.727. The molecule has 2 aliphatic rings. The number of aromatic nitrogens is 2. The predicted octanol–water partition coefficient (Wildman–Crippen LogP) is 0.185. The van der Waals surface area contributed by atoms with Gasteiger partial charge in [-0.25, -0.2) is 0 Å². The highest BCUT2D eigenvalue weighted by Gasteiger charge is 2.37. The summed E-state index contributed by atoms with van der Waals surface area (Å²) in [7, 11) is 0. The molecule has 2 aliphatic heterocycles. The van der Waals surface area contributed by atoms with Crippen LogP contribution in [0.25, 0.3) is 0 Å². The molecule has 1 unspecified atom stereocenters. The number of aromatic amines is 1. The molecule has 0 saturated carbocycles. The first kappa shape index (κ1) is 15.0. The maximum absolute atomic E-state index is 12.4. The number of hydrogen-bond acceptors (Lipinski definition) is 4. The number of hydrogen-bond donors (Lipinski definition) is 3. The van der Waals surface area contributed by atoms with E-state index >= 15 is 0 Å². The molecule has 3 heterocycles. The first-order valence-corrected chi connectivity index (χ1v) is 7.74. The molecule has 1 saturated heterocycles. The normalized spacial score (nSPS) is 21.9. The molecular weight excluding hydrogens is 282 g/mol. The van der Waals surface area contributed by atoms with Gasteiger partial charge in [0.2, 0.25) is 5.91 Å². The zero-order valence-electron chi connectivity index (χ0n) is 13.3. The molecular formula is C15H23N5O2. The molecule has 0 spiro atoms. The standard InChI is InChI=1S/C15H23N5O2/c1-15(2,3)20-8-9(6-12(20)21)17-14(22)13-10-7-16-5-4-11(10)18-19-13/h9,16H,4-8H2,1-3H3,(H,17,22)(H,18,19). The number of rotatable bonds is 2. The Morgan fingerprint density at radius 2 is 2.18 bits per heavy atom. The summed E-state index contributed by atoms with van der Waals surface area (Å²) in [6.45, 7) is 8.12. The zero-order valence-corrected chi connectivity index (χ0v) is 13.3. The molecule has 0 aliphatic carbocycles. The average Bonchev–Trinajstić information content (AvgIpc) is 3.01. The Morgan fingerprint density at radius 3 is 2.86 bits per heavy atom. The van der Waals surface area contributed by atoms with E-state index in [-0.39, 0.29) is 23.4 Å². The van der Waals surface area contributed by atoms with E-state index in [0.29, 0.717) is 25.2 Å². The Labute approximate surface area is 129 Å². The van der Waals surface area contributed by atoms with E-state index in [1.807, 2.05) is 25.7 Å². The first-order valence-electron chi connectivity index (χ1n) is 7.74. The number of likely N-dealkylation sites (tertiary alicyclic amines) is 1. The van der Waals surface area contributed by atoms with Gasteiger partial charge in [-0.1, -0.05) is 0 Å². The van der Waals surface area contributed by atoms with Crippen molar-refractivity contribution >= 4 is 11.8 Å². The minimum Gasteiger partial charge on any atom is -0.346 e. The molecule has 0 aromatic carbocycles. The van der Waals surface area contributed by atoms with Gasteiger partial charge in [0.25, 0.3) is 5.91 Å². The third kappa shape index (κ3) is 2.72. The van der Waals surface area contributed by atoms with Crippen molar-refractivity contribution in [2.24, 2.45) is 0 Å². The Bertz CT molecular complexity index is 602. The molecule has 1 aromatic rings. The van der Waals surface area contributed by atoms with Crippen LogP contribution in [-0.2, 0) is 17.8 Å². The second kappa shape index (κ2) is 5.39. The minimum absolute atomic E-state index is 0.0866. The minimum atomic E-state index is -0.216. The molecule has 2 amide bonds. The summed E-state index contributed by atoms with van der Waals surface area (Å²) < 4.78 is 0. The van der Waals surface area contributed by atoms with E-state index in [4.69, 9.17) is 0 Å². The molecule has 7 nitrogen and oxygen atoms in total. The molecule has 3 rings (SSSR count). The van der Waals surface area contributed by atoms with Gasteiger partial charge in [0.05, 0.1) is 6.04 Å². The van der Waals surface area contributed by atoms with Gasteiger partial charge in [0.15, 0.2) is 5.69 Å². The van der Waals surface area contributed by atoms with Crippen LogP contribution in [0.1, 0.15) is 48.9 Å². The molecule has 1 fully saturated rings. The molecule has 3 N–H and O–H groups in total. The summed E-state index contributed by atoms with van der Waals surface area (Å²) in [6.07, 6.45) is 1.21. The van der Waals surface area contributed by atoms with Crippen LogP contribution < -0.4 is 10.6 Å². The lowest BCUT2D eigenvalue weighted by molar-refractivity contribution is -0.131. The fourth-order valence-corrected chi connectivity index (χ4v) is 3.12. The number of nitrogens with one attached hydrogen (secondary N) is 3. The van der Waals surface area contributed by atoms with Crippen LogP contribution >= 0.6 is 0 Å². The van der Waals surface area contributed by atoms with Crippen LogP contribution in [0.3, 0.4) is 0 Å². The van der Waals surface area contributed by atoms with Crippen molar-refractivity contribution in [2.75, 3.05) is 13.1 Å². The van der Waals surface area contributed by atoms with Gasteiger partial charge in [0.1, 0.15) is 0 Å². The van der Waals surface area contributed by atoms with Crippen LogP contribution in [0, 0.1) is 0 Å². The summed E-state index contributed by atoms with van der Waals surface area (Å²) in [6, 6.07) is -0.150.